The van der Waals surface area contributed by atoms with E-state index in [1.807, 2.05) is 6.92 Å². The van der Waals surface area contributed by atoms with Gasteiger partial charge in [-0.05, 0) is 113 Å². The first-order valence-corrected chi connectivity index (χ1v) is 26.8. The molecule has 0 aromatic rings. The molecular formula is C52H82O23. The molecule has 428 valence electrons. The Kier molecular flexibility index (Phi) is 15.5. The zero-order chi connectivity index (χ0) is 54.9. The number of fused-ring (bicyclic) bond motifs is 7. The van der Waals surface area contributed by atoms with Gasteiger partial charge in [-0.25, -0.2) is 0 Å². The molecule has 23 nitrogen and oxygen atoms in total. The van der Waals surface area contributed by atoms with Crippen molar-refractivity contribution in [3.05, 3.63) is 11.6 Å². The minimum absolute atomic E-state index is 0.178. The molecule has 3 unspecified atom stereocenters. The molecule has 27 atom stereocenters. The summed E-state index contributed by atoms with van der Waals surface area (Å²) in [6, 6.07) is 0. The smallest absolute Gasteiger partial charge is 0.315 e. The highest BCUT2D eigenvalue weighted by molar-refractivity contribution is 5.79. The summed E-state index contributed by atoms with van der Waals surface area (Å²) in [6.07, 6.45) is -23.3. The lowest BCUT2D eigenvalue weighted by molar-refractivity contribution is -0.384. The molecule has 8 fully saturated rings. The molecule has 5 aliphatic carbocycles. The molecule has 4 heterocycles. The van der Waals surface area contributed by atoms with Crippen LogP contribution in [0.4, 0.5) is 0 Å². The number of carbonyl (C=O) groups excluding carboxylic acids is 1. The van der Waals surface area contributed by atoms with Crippen LogP contribution in [0.2, 0.25) is 0 Å². The minimum Gasteiger partial charge on any atom is -0.481 e. The Morgan fingerprint density at radius 1 is 0.667 bits per heavy atom. The highest BCUT2D eigenvalue weighted by Crippen LogP contribution is 2.76. The molecule has 0 spiro atoms. The molecular weight excluding hydrogens is 993 g/mol. The van der Waals surface area contributed by atoms with Crippen LogP contribution in [-0.4, -0.2) is 215 Å². The van der Waals surface area contributed by atoms with E-state index in [4.69, 9.17) is 37.9 Å². The normalized spacial score (nSPS) is 54.6. The van der Waals surface area contributed by atoms with Crippen molar-refractivity contribution in [3.63, 3.8) is 0 Å². The summed E-state index contributed by atoms with van der Waals surface area (Å²) in [5.74, 6) is -2.99. The quantitative estimate of drug-likeness (QED) is 0.0841. The average Bonchev–Trinajstić information content (AvgIpc) is 3.67. The maximum absolute atomic E-state index is 15.5. The van der Waals surface area contributed by atoms with Crippen LogP contribution in [0.5, 0.6) is 0 Å². The molecule has 4 aliphatic heterocycles. The third-order valence-electron chi connectivity index (χ3n) is 20.7. The van der Waals surface area contributed by atoms with E-state index in [1.54, 1.807) is 0 Å². The predicted octanol–water partition coefficient (Wildman–Crippen LogP) is -1.34. The summed E-state index contributed by atoms with van der Waals surface area (Å²) in [7, 11) is 0. The van der Waals surface area contributed by atoms with Crippen LogP contribution in [0.25, 0.3) is 0 Å². The summed E-state index contributed by atoms with van der Waals surface area (Å²) >= 11 is 0. The molecule has 23 heteroatoms. The van der Waals surface area contributed by atoms with Crippen molar-refractivity contribution >= 4 is 11.9 Å². The van der Waals surface area contributed by atoms with Crippen LogP contribution in [0, 0.1) is 50.2 Å². The summed E-state index contributed by atoms with van der Waals surface area (Å²) in [6.45, 7) is 11.3. The molecule has 9 aliphatic rings. The Hall–Kier alpha value is -2.08. The van der Waals surface area contributed by atoms with E-state index in [2.05, 4.69) is 26.8 Å². The van der Waals surface area contributed by atoms with Gasteiger partial charge in [-0.1, -0.05) is 39.3 Å². The minimum atomic E-state index is -2.16. The lowest BCUT2D eigenvalue weighted by Gasteiger charge is -2.71. The SMILES string of the molecule is C[C@@H]1O[C@@H](O[C@H]2[C@H](OC(=O)[C@]34CCC(C)(C)CC3C3=CCC5[C@@]6(C)C[C@H](O)[C@H](O)[C@@](C)(C(=O)O)C6CC[C@@]5(C)[C@]3(CO)CC4)O[C@H](C)[C@H](O)[C@@H]2O)[C@H](O)[C@H](O[C@H]2C[C@@](O)(CO)[C@H](O)O2)[C@H]1O[C@@H]1OC[C@@H](O)[C@H](O)[C@H]1O. The summed E-state index contributed by atoms with van der Waals surface area (Å²) in [4.78, 5) is 28.4. The van der Waals surface area contributed by atoms with E-state index in [9.17, 15) is 71.2 Å². The second kappa shape index (κ2) is 20.2. The molecule has 0 aromatic carbocycles. The number of carbonyl (C=O) groups is 2. The Bertz CT molecular complexity index is 2150. The third-order valence-corrected chi connectivity index (χ3v) is 20.7. The van der Waals surface area contributed by atoms with Crippen molar-refractivity contribution in [1.29, 1.82) is 0 Å². The lowest BCUT2D eigenvalue weighted by Crippen LogP contribution is -2.70. The van der Waals surface area contributed by atoms with Crippen LogP contribution in [0.15, 0.2) is 11.6 Å². The van der Waals surface area contributed by atoms with Crippen LogP contribution >= 0.6 is 0 Å². The number of rotatable bonds is 11. The Balaban J connectivity index is 1.00. The zero-order valence-corrected chi connectivity index (χ0v) is 43.8. The highest BCUT2D eigenvalue weighted by atomic mass is 16.8. The molecule has 0 bridgehead atoms. The number of ether oxygens (including phenoxy) is 8. The maximum atomic E-state index is 15.5. The first-order valence-electron chi connectivity index (χ1n) is 26.8. The van der Waals surface area contributed by atoms with Gasteiger partial charge in [-0.15, -0.1) is 0 Å². The summed E-state index contributed by atoms with van der Waals surface area (Å²) < 4.78 is 48.0. The molecule has 0 aromatic heterocycles. The number of allylic oxidation sites excluding steroid dienone is 1. The average molecular weight is 1080 g/mol. The topological polar surface area (TPSA) is 371 Å². The van der Waals surface area contributed by atoms with E-state index >= 15 is 4.79 Å². The van der Waals surface area contributed by atoms with Crippen molar-refractivity contribution in [3.8, 4) is 0 Å². The van der Waals surface area contributed by atoms with E-state index in [0.29, 0.717) is 44.9 Å². The molecule has 9 rings (SSSR count). The monoisotopic (exact) mass is 1070 g/mol. The number of carboxylic acids is 1. The second-order valence-electron chi connectivity index (χ2n) is 25.3. The third kappa shape index (κ3) is 8.98. The van der Waals surface area contributed by atoms with Crippen molar-refractivity contribution in [2.75, 3.05) is 19.8 Å². The van der Waals surface area contributed by atoms with Crippen LogP contribution < -0.4 is 0 Å². The molecule has 4 saturated carbocycles. The number of carboxylic acid groups (broad SMARTS) is 1. The van der Waals surface area contributed by atoms with Gasteiger partial charge < -0.3 is 104 Å². The number of esters is 1. The Morgan fingerprint density at radius 3 is 1.99 bits per heavy atom. The first-order chi connectivity index (χ1) is 35.0. The van der Waals surface area contributed by atoms with Gasteiger partial charge >= 0.3 is 11.9 Å². The van der Waals surface area contributed by atoms with Gasteiger partial charge in [0.2, 0.25) is 6.29 Å². The van der Waals surface area contributed by atoms with Crippen molar-refractivity contribution < 1.29 is 114 Å². The van der Waals surface area contributed by atoms with E-state index in [0.717, 1.165) is 5.57 Å². The van der Waals surface area contributed by atoms with Gasteiger partial charge in [0.1, 0.15) is 54.4 Å². The number of aliphatic hydroxyl groups excluding tert-OH is 11. The van der Waals surface area contributed by atoms with Gasteiger partial charge in [0, 0.05) is 11.8 Å². The molecule has 0 amide bonds. The fraction of sp³-hybridized carbons (Fsp3) is 0.923. The lowest BCUT2D eigenvalue weighted by atomic mass is 9.33. The van der Waals surface area contributed by atoms with Crippen molar-refractivity contribution in [1.82, 2.24) is 0 Å². The zero-order valence-electron chi connectivity index (χ0n) is 43.8. The Morgan fingerprint density at radius 2 is 1.33 bits per heavy atom. The molecule has 13 N–H and O–H groups in total. The number of hydrogen-bond donors (Lipinski definition) is 13. The maximum Gasteiger partial charge on any atom is 0.315 e. The molecule has 4 saturated heterocycles. The fourth-order valence-corrected chi connectivity index (χ4v) is 16.1. The van der Waals surface area contributed by atoms with E-state index in [1.165, 1.54) is 20.8 Å². The van der Waals surface area contributed by atoms with E-state index < -0.39 is 187 Å². The fourth-order valence-electron chi connectivity index (χ4n) is 16.1. The van der Waals surface area contributed by atoms with E-state index in [-0.39, 0.29) is 30.8 Å². The summed E-state index contributed by atoms with van der Waals surface area (Å²) in [5, 5.41) is 142. The van der Waals surface area contributed by atoms with Crippen molar-refractivity contribution in [2.24, 2.45) is 50.2 Å². The van der Waals surface area contributed by atoms with Gasteiger partial charge in [-0.2, -0.15) is 0 Å². The van der Waals surface area contributed by atoms with Gasteiger partial charge in [0.25, 0.3) is 0 Å². The van der Waals surface area contributed by atoms with Gasteiger partial charge in [-0.3, -0.25) is 9.59 Å². The largest absolute Gasteiger partial charge is 0.481 e. The summed E-state index contributed by atoms with van der Waals surface area (Å²) in [5.41, 5.74) is -6.55. The molecule has 75 heavy (non-hydrogen) atoms. The standard InChI is InChI=1S/C52H82O23/c1-22-31(57)33(59)38(74-41-35(61)37(71-30-18-52(67,21-54)45(66)72-30)36(23(2)70-41)73-40-34(60)32(58)27(56)19-68-40)42(69-22)75-44(65)50-13-12-46(3,4)16-25(50)24-8-9-28-47(5)17-26(55)39(62)49(7,43(63)64)29(47)10-11-48(28,6)51(24,20-53)15-14-50/h8,22-23,25-42,45,53-62,66-67H,9-21H2,1-7H3,(H,63,64)/t22-,23+,25?,26+,27-,28?,29?,30-,31+,32+,33+,34-,35-,36+,37+,38-,39+,40+,41+,42+,45-,47-,48-,49+,50+,51+,52-/m1/s1. The van der Waals surface area contributed by atoms with Gasteiger partial charge in [0.05, 0.1) is 55.1 Å². The number of hydrogen-bond acceptors (Lipinski definition) is 22. The van der Waals surface area contributed by atoms with Crippen LogP contribution in [0.3, 0.4) is 0 Å². The van der Waals surface area contributed by atoms with Gasteiger partial charge in [0.15, 0.2) is 31.3 Å². The first kappa shape index (κ1) is 57.6. The molecule has 0 radical (unpaired) electrons. The number of aliphatic carboxylic acids is 1. The van der Waals surface area contributed by atoms with Crippen molar-refractivity contribution in [2.45, 2.75) is 229 Å². The highest BCUT2D eigenvalue weighted by Gasteiger charge is 2.73. The number of aliphatic hydroxyl groups is 12. The second-order valence-corrected chi connectivity index (χ2v) is 25.3. The Labute approximate surface area is 435 Å². The predicted molar refractivity (Wildman–Crippen MR) is 253 cm³/mol. The van der Waals surface area contributed by atoms with Crippen LogP contribution in [-0.2, 0) is 47.5 Å². The van der Waals surface area contributed by atoms with Crippen LogP contribution in [0.1, 0.15) is 113 Å².